The molecule has 1 aromatic carbocycles. The molecular formula is C18H19BrN2O2S. The van der Waals surface area contributed by atoms with Gasteiger partial charge in [0.25, 0.3) is 5.91 Å². The average molecular weight is 407 g/mol. The summed E-state index contributed by atoms with van der Waals surface area (Å²) in [6, 6.07) is 11.0. The van der Waals surface area contributed by atoms with Crippen LogP contribution >= 0.6 is 27.3 Å². The van der Waals surface area contributed by atoms with Gasteiger partial charge in [-0.25, -0.2) is 0 Å². The molecule has 1 unspecified atom stereocenters. The molecule has 0 radical (unpaired) electrons. The van der Waals surface area contributed by atoms with Crippen LogP contribution in [-0.2, 0) is 11.3 Å². The standard InChI is InChI=1S/C18H19BrN2O2S/c1-12-4-9-15(24-12)11-20-17(22)16-3-2-10-21(16)18(23)13-5-7-14(19)8-6-13/h4-9,16H,2-3,10-11H2,1H3,(H,20,22). The van der Waals surface area contributed by atoms with Crippen LogP contribution in [0.4, 0.5) is 0 Å². The molecule has 0 aliphatic carbocycles. The number of hydrogen-bond donors (Lipinski definition) is 1. The van der Waals surface area contributed by atoms with E-state index in [9.17, 15) is 9.59 Å². The quantitative estimate of drug-likeness (QED) is 0.840. The van der Waals surface area contributed by atoms with Crippen LogP contribution in [0.3, 0.4) is 0 Å². The number of carbonyl (C=O) groups is 2. The number of benzene rings is 1. The second-order valence-corrected chi connectivity index (χ2v) is 8.18. The first-order chi connectivity index (χ1) is 11.5. The van der Waals surface area contributed by atoms with Gasteiger partial charge in [-0.2, -0.15) is 0 Å². The molecule has 1 aliphatic heterocycles. The van der Waals surface area contributed by atoms with Crippen molar-refractivity contribution < 1.29 is 9.59 Å². The molecule has 126 valence electrons. The average Bonchev–Trinajstić information content (AvgIpc) is 3.21. The summed E-state index contributed by atoms with van der Waals surface area (Å²) in [5.74, 6) is -0.142. The van der Waals surface area contributed by atoms with Gasteiger partial charge < -0.3 is 10.2 Å². The van der Waals surface area contributed by atoms with E-state index in [0.717, 1.165) is 22.2 Å². The summed E-state index contributed by atoms with van der Waals surface area (Å²) in [5, 5.41) is 2.97. The summed E-state index contributed by atoms with van der Waals surface area (Å²) in [4.78, 5) is 29.3. The lowest BCUT2D eigenvalue weighted by Crippen LogP contribution is -2.45. The molecule has 2 amide bonds. The van der Waals surface area contributed by atoms with Crippen molar-refractivity contribution in [3.63, 3.8) is 0 Å². The minimum absolute atomic E-state index is 0.0657. The Labute approximate surface area is 154 Å². The number of thiophene rings is 1. The van der Waals surface area contributed by atoms with E-state index in [1.807, 2.05) is 31.2 Å². The fourth-order valence-corrected chi connectivity index (χ4v) is 4.01. The van der Waals surface area contributed by atoms with E-state index in [1.54, 1.807) is 28.4 Å². The molecule has 3 rings (SSSR count). The summed E-state index contributed by atoms with van der Waals surface area (Å²) in [5.41, 5.74) is 0.617. The van der Waals surface area contributed by atoms with Gasteiger partial charge in [0.2, 0.25) is 5.91 Å². The zero-order valence-electron chi connectivity index (χ0n) is 13.4. The molecule has 2 heterocycles. The van der Waals surface area contributed by atoms with Gasteiger partial charge in [0.1, 0.15) is 6.04 Å². The number of aryl methyl sites for hydroxylation is 1. The highest BCUT2D eigenvalue weighted by Crippen LogP contribution is 2.22. The van der Waals surface area contributed by atoms with Crippen LogP contribution in [-0.4, -0.2) is 29.3 Å². The van der Waals surface area contributed by atoms with Crippen LogP contribution in [0.15, 0.2) is 40.9 Å². The minimum Gasteiger partial charge on any atom is -0.349 e. The van der Waals surface area contributed by atoms with E-state index in [-0.39, 0.29) is 17.9 Å². The second-order valence-electron chi connectivity index (χ2n) is 5.89. The Morgan fingerprint density at radius 1 is 1.25 bits per heavy atom. The first kappa shape index (κ1) is 17.2. The van der Waals surface area contributed by atoms with Crippen LogP contribution in [0.5, 0.6) is 0 Å². The molecule has 4 nitrogen and oxygen atoms in total. The number of rotatable bonds is 4. The molecular weight excluding hydrogens is 388 g/mol. The van der Waals surface area contributed by atoms with Gasteiger partial charge in [-0.05, 0) is 56.2 Å². The summed E-state index contributed by atoms with van der Waals surface area (Å²) in [6.07, 6.45) is 1.58. The zero-order chi connectivity index (χ0) is 17.1. The van der Waals surface area contributed by atoms with E-state index in [0.29, 0.717) is 18.7 Å². The lowest BCUT2D eigenvalue weighted by Gasteiger charge is -2.24. The molecule has 1 aromatic heterocycles. The summed E-state index contributed by atoms with van der Waals surface area (Å²) < 4.78 is 0.931. The molecule has 24 heavy (non-hydrogen) atoms. The lowest BCUT2D eigenvalue weighted by atomic mass is 10.1. The maximum Gasteiger partial charge on any atom is 0.254 e. The number of hydrogen-bond acceptors (Lipinski definition) is 3. The number of nitrogens with zero attached hydrogens (tertiary/aromatic N) is 1. The van der Waals surface area contributed by atoms with Gasteiger partial charge in [-0.15, -0.1) is 11.3 Å². The van der Waals surface area contributed by atoms with Crippen LogP contribution in [0.1, 0.15) is 33.0 Å². The monoisotopic (exact) mass is 406 g/mol. The number of halogens is 1. The Morgan fingerprint density at radius 2 is 2.00 bits per heavy atom. The summed E-state index contributed by atoms with van der Waals surface area (Å²) >= 11 is 5.05. The Balaban J connectivity index is 1.64. The molecule has 1 fully saturated rings. The van der Waals surface area contributed by atoms with E-state index in [2.05, 4.69) is 21.2 Å². The normalized spacial score (nSPS) is 17.1. The first-order valence-corrected chi connectivity index (χ1v) is 9.55. The molecule has 0 saturated carbocycles. The van der Waals surface area contributed by atoms with Crippen LogP contribution in [0.2, 0.25) is 0 Å². The number of carbonyl (C=O) groups excluding carboxylic acids is 2. The van der Waals surface area contributed by atoms with Crippen molar-refractivity contribution in [2.45, 2.75) is 32.4 Å². The molecule has 1 saturated heterocycles. The Bertz CT molecular complexity index is 742. The third kappa shape index (κ3) is 3.87. The second kappa shape index (κ2) is 7.49. The zero-order valence-corrected chi connectivity index (χ0v) is 15.8. The predicted octanol–water partition coefficient (Wildman–Crippen LogP) is 3.74. The van der Waals surface area contributed by atoms with E-state index in [4.69, 9.17) is 0 Å². The third-order valence-corrected chi connectivity index (χ3v) is 5.67. The number of likely N-dealkylation sites (tertiary alicyclic amines) is 1. The number of nitrogens with one attached hydrogen (secondary N) is 1. The molecule has 0 spiro atoms. The predicted molar refractivity (Wildman–Crippen MR) is 99.1 cm³/mol. The highest BCUT2D eigenvalue weighted by atomic mass is 79.9. The fraction of sp³-hybridized carbons (Fsp3) is 0.333. The van der Waals surface area contributed by atoms with Crippen LogP contribution in [0.25, 0.3) is 0 Å². The van der Waals surface area contributed by atoms with Crippen LogP contribution < -0.4 is 5.32 Å². The largest absolute Gasteiger partial charge is 0.349 e. The van der Waals surface area contributed by atoms with Gasteiger partial charge >= 0.3 is 0 Å². The van der Waals surface area contributed by atoms with Crippen molar-refractivity contribution in [2.75, 3.05) is 6.54 Å². The fourth-order valence-electron chi connectivity index (χ4n) is 2.91. The highest BCUT2D eigenvalue weighted by molar-refractivity contribution is 9.10. The van der Waals surface area contributed by atoms with Crippen molar-refractivity contribution in [3.8, 4) is 0 Å². The van der Waals surface area contributed by atoms with Gasteiger partial charge in [0, 0.05) is 26.3 Å². The van der Waals surface area contributed by atoms with Gasteiger partial charge in [-0.1, -0.05) is 15.9 Å². The molecule has 2 aromatic rings. The SMILES string of the molecule is Cc1ccc(CNC(=O)C2CCCN2C(=O)c2ccc(Br)cc2)s1. The van der Waals surface area contributed by atoms with Crippen LogP contribution in [0, 0.1) is 6.92 Å². The van der Waals surface area contributed by atoms with Gasteiger partial charge in [-0.3, -0.25) is 9.59 Å². The van der Waals surface area contributed by atoms with E-state index < -0.39 is 0 Å². The first-order valence-electron chi connectivity index (χ1n) is 7.94. The Morgan fingerprint density at radius 3 is 2.67 bits per heavy atom. The lowest BCUT2D eigenvalue weighted by molar-refractivity contribution is -0.125. The molecule has 6 heteroatoms. The van der Waals surface area contributed by atoms with Crippen molar-refractivity contribution in [1.82, 2.24) is 10.2 Å². The van der Waals surface area contributed by atoms with Crippen molar-refractivity contribution in [2.24, 2.45) is 0 Å². The number of amides is 2. The van der Waals surface area contributed by atoms with E-state index in [1.165, 1.54) is 4.88 Å². The van der Waals surface area contributed by atoms with Crippen molar-refractivity contribution in [1.29, 1.82) is 0 Å². The molecule has 1 atom stereocenters. The van der Waals surface area contributed by atoms with Crippen molar-refractivity contribution in [3.05, 3.63) is 56.2 Å². The van der Waals surface area contributed by atoms with Gasteiger partial charge in [0.05, 0.1) is 6.54 Å². The molecule has 1 N–H and O–H groups in total. The maximum absolute atomic E-state index is 12.7. The molecule has 0 bridgehead atoms. The third-order valence-electron chi connectivity index (χ3n) is 4.14. The molecule has 1 aliphatic rings. The Kier molecular flexibility index (Phi) is 5.36. The minimum atomic E-state index is -0.373. The summed E-state index contributed by atoms with van der Waals surface area (Å²) in [7, 11) is 0. The van der Waals surface area contributed by atoms with Crippen molar-refractivity contribution >= 4 is 39.1 Å². The Hall–Kier alpha value is -1.66. The summed E-state index contributed by atoms with van der Waals surface area (Å²) in [6.45, 7) is 3.20. The smallest absolute Gasteiger partial charge is 0.254 e. The highest BCUT2D eigenvalue weighted by Gasteiger charge is 2.34. The maximum atomic E-state index is 12.7. The van der Waals surface area contributed by atoms with Gasteiger partial charge in [0.15, 0.2) is 0 Å². The topological polar surface area (TPSA) is 49.4 Å². The van der Waals surface area contributed by atoms with E-state index >= 15 is 0 Å².